The molecule has 2 amide bonds. The molecule has 0 aromatic heterocycles. The van der Waals surface area contributed by atoms with E-state index in [4.69, 9.17) is 0 Å². The molecule has 5 heteroatoms. The number of aryl methyl sites for hydroxylation is 2. The Kier molecular flexibility index (Phi) is 5.51. The Morgan fingerprint density at radius 3 is 2.42 bits per heavy atom. The summed E-state index contributed by atoms with van der Waals surface area (Å²) in [6.45, 7) is 5.02. The zero-order chi connectivity index (χ0) is 14.4. The molecule has 0 atom stereocenters. The van der Waals surface area contributed by atoms with Crippen molar-refractivity contribution in [3.63, 3.8) is 0 Å². The molecule has 0 aliphatic heterocycles. The van der Waals surface area contributed by atoms with Crippen LogP contribution in [0.15, 0.2) is 18.2 Å². The molecule has 0 bridgehead atoms. The summed E-state index contributed by atoms with van der Waals surface area (Å²) in [6, 6.07) is 5.65. The summed E-state index contributed by atoms with van der Waals surface area (Å²) in [5.74, 6) is -1.24. The number of anilines is 1. The van der Waals surface area contributed by atoms with E-state index >= 15 is 0 Å². The second-order valence-electron chi connectivity index (χ2n) is 4.83. The van der Waals surface area contributed by atoms with Gasteiger partial charge in [-0.2, -0.15) is 0 Å². The number of carbonyl (C=O) groups is 2. The van der Waals surface area contributed by atoms with Crippen molar-refractivity contribution >= 4 is 17.5 Å². The minimum absolute atomic E-state index is 0.451. The maximum Gasteiger partial charge on any atom is 0.313 e. The minimum atomic E-state index is -0.634. The number of hydrogen-bond acceptors (Lipinski definition) is 3. The van der Waals surface area contributed by atoms with Crippen LogP contribution in [0, 0.1) is 13.8 Å². The van der Waals surface area contributed by atoms with E-state index in [1.165, 1.54) is 0 Å². The molecular formula is C14H21N3O2. The van der Waals surface area contributed by atoms with Crippen molar-refractivity contribution in [2.75, 3.05) is 32.5 Å². The number of carbonyl (C=O) groups excluding carboxylic acids is 2. The Morgan fingerprint density at radius 1 is 1.16 bits per heavy atom. The first-order valence-electron chi connectivity index (χ1n) is 6.21. The van der Waals surface area contributed by atoms with Crippen LogP contribution in [0.3, 0.4) is 0 Å². The lowest BCUT2D eigenvalue weighted by Crippen LogP contribution is -2.38. The largest absolute Gasteiger partial charge is 0.347 e. The van der Waals surface area contributed by atoms with Crippen LogP contribution < -0.4 is 10.6 Å². The average Bonchev–Trinajstić information content (AvgIpc) is 2.32. The first kappa shape index (κ1) is 15.2. The van der Waals surface area contributed by atoms with Gasteiger partial charge in [0.1, 0.15) is 0 Å². The van der Waals surface area contributed by atoms with Gasteiger partial charge in [-0.1, -0.05) is 17.7 Å². The zero-order valence-electron chi connectivity index (χ0n) is 11.9. The van der Waals surface area contributed by atoms with Gasteiger partial charge < -0.3 is 15.5 Å². The molecule has 0 aliphatic carbocycles. The molecular weight excluding hydrogens is 242 g/mol. The van der Waals surface area contributed by atoms with Gasteiger partial charge in [0.05, 0.1) is 0 Å². The number of amides is 2. The first-order valence-corrected chi connectivity index (χ1v) is 6.21. The van der Waals surface area contributed by atoms with Crippen LogP contribution in [-0.4, -0.2) is 43.9 Å². The van der Waals surface area contributed by atoms with E-state index < -0.39 is 11.8 Å². The van der Waals surface area contributed by atoms with Crippen LogP contribution in [0.5, 0.6) is 0 Å². The standard InChI is InChI=1S/C14H21N3O2/c1-10-5-6-12(11(2)9-10)16-14(19)13(18)15-7-8-17(3)4/h5-6,9H,7-8H2,1-4H3,(H,15,18)(H,16,19). The Balaban J connectivity index is 2.52. The second-order valence-corrected chi connectivity index (χ2v) is 4.83. The molecule has 2 N–H and O–H groups in total. The van der Waals surface area contributed by atoms with E-state index in [-0.39, 0.29) is 0 Å². The van der Waals surface area contributed by atoms with Crippen LogP contribution in [0.2, 0.25) is 0 Å². The van der Waals surface area contributed by atoms with Gasteiger partial charge in [0.15, 0.2) is 0 Å². The number of nitrogens with zero attached hydrogens (tertiary/aromatic N) is 1. The molecule has 0 aliphatic rings. The van der Waals surface area contributed by atoms with Crippen molar-refractivity contribution < 1.29 is 9.59 Å². The summed E-state index contributed by atoms with van der Waals surface area (Å²) in [6.07, 6.45) is 0. The molecule has 0 radical (unpaired) electrons. The summed E-state index contributed by atoms with van der Waals surface area (Å²) >= 11 is 0. The predicted molar refractivity (Wildman–Crippen MR) is 76.1 cm³/mol. The van der Waals surface area contributed by atoms with Gasteiger partial charge in [-0.15, -0.1) is 0 Å². The predicted octanol–water partition coefficient (Wildman–Crippen LogP) is 0.920. The number of benzene rings is 1. The van der Waals surface area contributed by atoms with E-state index in [0.717, 1.165) is 11.1 Å². The number of nitrogens with one attached hydrogen (secondary N) is 2. The Bertz CT molecular complexity index is 470. The smallest absolute Gasteiger partial charge is 0.313 e. The lowest BCUT2D eigenvalue weighted by atomic mass is 10.1. The molecule has 19 heavy (non-hydrogen) atoms. The maximum absolute atomic E-state index is 11.7. The van der Waals surface area contributed by atoms with Crippen LogP contribution in [0.25, 0.3) is 0 Å². The quantitative estimate of drug-likeness (QED) is 0.794. The highest BCUT2D eigenvalue weighted by molar-refractivity contribution is 6.39. The average molecular weight is 263 g/mol. The van der Waals surface area contributed by atoms with E-state index in [1.54, 1.807) is 6.07 Å². The Morgan fingerprint density at radius 2 is 1.84 bits per heavy atom. The maximum atomic E-state index is 11.7. The van der Waals surface area contributed by atoms with Crippen molar-refractivity contribution in [1.82, 2.24) is 10.2 Å². The number of rotatable bonds is 4. The van der Waals surface area contributed by atoms with Gasteiger partial charge in [-0.05, 0) is 39.6 Å². The second kappa shape index (κ2) is 6.89. The minimum Gasteiger partial charge on any atom is -0.347 e. The summed E-state index contributed by atoms with van der Waals surface area (Å²) in [7, 11) is 3.81. The highest BCUT2D eigenvalue weighted by Gasteiger charge is 2.13. The number of likely N-dealkylation sites (N-methyl/N-ethyl adjacent to an activating group) is 1. The summed E-state index contributed by atoms with van der Waals surface area (Å²) in [4.78, 5) is 25.2. The molecule has 1 rings (SSSR count). The summed E-state index contributed by atoms with van der Waals surface area (Å²) in [5.41, 5.74) is 2.72. The van der Waals surface area contributed by atoms with Crippen molar-refractivity contribution in [2.24, 2.45) is 0 Å². The molecule has 0 saturated carbocycles. The van der Waals surface area contributed by atoms with Crippen molar-refractivity contribution in [2.45, 2.75) is 13.8 Å². The SMILES string of the molecule is Cc1ccc(NC(=O)C(=O)NCCN(C)C)c(C)c1. The lowest BCUT2D eigenvalue weighted by Gasteiger charge is -2.11. The van der Waals surface area contributed by atoms with Crippen molar-refractivity contribution in [1.29, 1.82) is 0 Å². The molecule has 1 aromatic rings. The normalized spacial score (nSPS) is 10.4. The van der Waals surface area contributed by atoms with Crippen LogP contribution in [0.1, 0.15) is 11.1 Å². The number of hydrogen-bond donors (Lipinski definition) is 2. The van der Waals surface area contributed by atoms with Crippen LogP contribution in [0.4, 0.5) is 5.69 Å². The fourth-order valence-corrected chi connectivity index (χ4v) is 1.61. The molecule has 0 saturated heterocycles. The topological polar surface area (TPSA) is 61.4 Å². The Hall–Kier alpha value is -1.88. The van der Waals surface area contributed by atoms with E-state index in [1.807, 2.05) is 45.0 Å². The molecule has 0 spiro atoms. The molecule has 5 nitrogen and oxygen atoms in total. The van der Waals surface area contributed by atoms with E-state index in [9.17, 15) is 9.59 Å². The lowest BCUT2D eigenvalue weighted by molar-refractivity contribution is -0.136. The molecule has 0 unspecified atom stereocenters. The van der Waals surface area contributed by atoms with Crippen molar-refractivity contribution in [3.8, 4) is 0 Å². The highest BCUT2D eigenvalue weighted by Crippen LogP contribution is 2.15. The summed E-state index contributed by atoms with van der Waals surface area (Å²) < 4.78 is 0. The van der Waals surface area contributed by atoms with Gasteiger partial charge in [0.25, 0.3) is 0 Å². The molecule has 0 heterocycles. The van der Waals surface area contributed by atoms with Gasteiger partial charge >= 0.3 is 11.8 Å². The monoisotopic (exact) mass is 263 g/mol. The highest BCUT2D eigenvalue weighted by atomic mass is 16.2. The molecule has 1 aromatic carbocycles. The summed E-state index contributed by atoms with van der Waals surface area (Å²) in [5, 5.41) is 5.18. The van der Waals surface area contributed by atoms with Crippen LogP contribution >= 0.6 is 0 Å². The fourth-order valence-electron chi connectivity index (χ4n) is 1.61. The third-order valence-electron chi connectivity index (χ3n) is 2.68. The van der Waals surface area contributed by atoms with Gasteiger partial charge in [-0.25, -0.2) is 0 Å². The van der Waals surface area contributed by atoms with Gasteiger partial charge in [0.2, 0.25) is 0 Å². The molecule has 0 fully saturated rings. The third kappa shape index (κ3) is 5.09. The van der Waals surface area contributed by atoms with Gasteiger partial charge in [-0.3, -0.25) is 9.59 Å². The third-order valence-corrected chi connectivity index (χ3v) is 2.68. The zero-order valence-corrected chi connectivity index (χ0v) is 11.9. The van der Waals surface area contributed by atoms with Crippen LogP contribution in [-0.2, 0) is 9.59 Å². The van der Waals surface area contributed by atoms with E-state index in [0.29, 0.717) is 18.8 Å². The Labute approximate surface area is 114 Å². The first-order chi connectivity index (χ1) is 8.90. The van der Waals surface area contributed by atoms with E-state index in [2.05, 4.69) is 10.6 Å². The molecule has 104 valence electrons. The van der Waals surface area contributed by atoms with Crippen molar-refractivity contribution in [3.05, 3.63) is 29.3 Å². The fraction of sp³-hybridized carbons (Fsp3) is 0.429. The van der Waals surface area contributed by atoms with Gasteiger partial charge in [0, 0.05) is 18.8 Å².